The van der Waals surface area contributed by atoms with Crippen LogP contribution in [0.1, 0.15) is 148 Å². The number of carboxylic acids is 1. The highest BCUT2D eigenvalue weighted by Crippen LogP contribution is 2.43. The Morgan fingerprint density at radius 1 is 0.630 bits per heavy atom. The summed E-state index contributed by atoms with van der Waals surface area (Å²) >= 11 is 0. The Kier molecular flexibility index (Phi) is 27.5. The van der Waals surface area contributed by atoms with Crippen molar-refractivity contribution in [3.8, 4) is 0 Å². The van der Waals surface area contributed by atoms with Crippen molar-refractivity contribution in [2.24, 2.45) is 0 Å². The molecule has 0 heterocycles. The van der Waals surface area contributed by atoms with E-state index in [9.17, 15) is 23.8 Å². The average Bonchev–Trinajstić information content (AvgIpc) is 2.97. The van der Waals surface area contributed by atoms with Crippen LogP contribution in [0.15, 0.2) is 0 Å². The van der Waals surface area contributed by atoms with E-state index in [1.54, 1.807) is 0 Å². The van der Waals surface area contributed by atoms with E-state index in [1.807, 2.05) is 21.1 Å². The fourth-order valence-corrected chi connectivity index (χ4v) is 5.55. The molecule has 0 fully saturated rings. The lowest BCUT2D eigenvalue weighted by Crippen LogP contribution is -2.37. The van der Waals surface area contributed by atoms with Gasteiger partial charge in [0.1, 0.15) is 19.8 Å². The van der Waals surface area contributed by atoms with Crippen molar-refractivity contribution >= 4 is 25.7 Å². The second-order valence-electron chi connectivity index (χ2n) is 13.4. The van der Waals surface area contributed by atoms with Crippen molar-refractivity contribution in [2.75, 3.05) is 47.5 Å². The molecule has 0 bridgehead atoms. The van der Waals surface area contributed by atoms with E-state index in [1.165, 1.54) is 70.6 Å². The SMILES string of the molecule is CCCCCCCCCCCCCCCCC(=O)OC[C@H](COP(=O)(O)OCC[N+](C)(C)C)OC(=O)CCCCCCCC(=O)O. The van der Waals surface area contributed by atoms with Crippen molar-refractivity contribution in [1.29, 1.82) is 0 Å². The molecule has 2 atom stereocenters. The fourth-order valence-electron chi connectivity index (χ4n) is 4.80. The van der Waals surface area contributed by atoms with Gasteiger partial charge in [0.15, 0.2) is 6.10 Å². The largest absolute Gasteiger partial charge is 0.481 e. The number of rotatable bonds is 33. The monoisotopic (exact) mass is 680 g/mol. The summed E-state index contributed by atoms with van der Waals surface area (Å²) in [5, 5.41) is 8.71. The lowest BCUT2D eigenvalue weighted by Gasteiger charge is -2.24. The molecule has 0 aliphatic carbocycles. The topological polar surface area (TPSA) is 146 Å². The van der Waals surface area contributed by atoms with E-state index in [0.29, 0.717) is 23.9 Å². The van der Waals surface area contributed by atoms with Crippen LogP contribution < -0.4 is 0 Å². The van der Waals surface area contributed by atoms with Crippen LogP contribution in [0.4, 0.5) is 0 Å². The van der Waals surface area contributed by atoms with Gasteiger partial charge in [0.25, 0.3) is 0 Å². The zero-order chi connectivity index (χ0) is 34.5. The molecule has 1 unspecified atom stereocenters. The maximum atomic E-state index is 12.4. The highest BCUT2D eigenvalue weighted by molar-refractivity contribution is 7.47. The number of quaternary nitrogens is 1. The summed E-state index contributed by atoms with van der Waals surface area (Å²) in [5.41, 5.74) is 0. The van der Waals surface area contributed by atoms with Crippen molar-refractivity contribution in [2.45, 2.75) is 154 Å². The molecule has 0 aliphatic heterocycles. The summed E-state index contributed by atoms with van der Waals surface area (Å²) in [6.07, 6.45) is 20.1. The van der Waals surface area contributed by atoms with E-state index in [4.69, 9.17) is 23.6 Å². The normalized spacial score (nSPS) is 13.7. The number of hydrogen-bond donors (Lipinski definition) is 2. The minimum atomic E-state index is -4.40. The molecule has 11 nitrogen and oxygen atoms in total. The lowest BCUT2D eigenvalue weighted by molar-refractivity contribution is -0.870. The Morgan fingerprint density at radius 3 is 1.52 bits per heavy atom. The molecule has 0 radical (unpaired) electrons. The van der Waals surface area contributed by atoms with Crippen molar-refractivity contribution in [1.82, 2.24) is 0 Å². The van der Waals surface area contributed by atoms with E-state index >= 15 is 0 Å². The van der Waals surface area contributed by atoms with Gasteiger partial charge < -0.3 is 24.0 Å². The number of likely N-dealkylation sites (N-methyl/N-ethyl adjacent to an activating group) is 1. The van der Waals surface area contributed by atoms with E-state index < -0.39 is 38.4 Å². The van der Waals surface area contributed by atoms with Gasteiger partial charge in [-0.2, -0.15) is 0 Å². The summed E-state index contributed by atoms with van der Waals surface area (Å²) in [5.74, 6) is -1.75. The minimum Gasteiger partial charge on any atom is -0.481 e. The van der Waals surface area contributed by atoms with Crippen LogP contribution in [0.2, 0.25) is 0 Å². The summed E-state index contributed by atoms with van der Waals surface area (Å²) in [6, 6.07) is 0. The minimum absolute atomic E-state index is 0.00236. The maximum Gasteiger partial charge on any atom is 0.472 e. The standard InChI is InChI=1S/C34H66NO10P/c1-5-6-7-8-9-10-11-12-13-14-15-16-19-22-25-33(38)42-29-31(30-44-46(40,41)43-28-27-35(2,3)4)45-34(39)26-23-20-17-18-21-24-32(36)37/h31H,5-30H2,1-4H3,(H-,36,37,40,41)/p+1/t31-/m1/s1. The zero-order valence-electron chi connectivity index (χ0n) is 29.5. The van der Waals surface area contributed by atoms with Gasteiger partial charge >= 0.3 is 25.7 Å². The molecule has 0 aliphatic rings. The molecule has 0 aromatic carbocycles. The number of ether oxygens (including phenoxy) is 2. The third-order valence-electron chi connectivity index (χ3n) is 7.67. The molecule has 0 saturated heterocycles. The van der Waals surface area contributed by atoms with Gasteiger partial charge in [-0.3, -0.25) is 23.4 Å². The molecule has 0 aromatic rings. The lowest BCUT2D eigenvalue weighted by atomic mass is 10.0. The van der Waals surface area contributed by atoms with Crippen LogP contribution in [-0.4, -0.2) is 86.0 Å². The van der Waals surface area contributed by atoms with Gasteiger partial charge in [0, 0.05) is 19.3 Å². The van der Waals surface area contributed by atoms with Crippen LogP contribution in [-0.2, 0) is 37.5 Å². The fraction of sp³-hybridized carbons (Fsp3) is 0.912. The molecule has 2 N–H and O–H groups in total. The number of nitrogens with zero attached hydrogens (tertiary/aromatic N) is 1. The quantitative estimate of drug-likeness (QED) is 0.0303. The summed E-state index contributed by atoms with van der Waals surface area (Å²) in [6.45, 7) is 2.00. The number of carbonyl (C=O) groups is 3. The first-order valence-corrected chi connectivity index (χ1v) is 19.3. The smallest absolute Gasteiger partial charge is 0.472 e. The Morgan fingerprint density at radius 2 is 1.07 bits per heavy atom. The second-order valence-corrected chi connectivity index (χ2v) is 14.9. The molecule has 0 aromatic heterocycles. The summed E-state index contributed by atoms with van der Waals surface area (Å²) in [7, 11) is 1.37. The van der Waals surface area contributed by atoms with Crippen LogP contribution in [0.5, 0.6) is 0 Å². The maximum absolute atomic E-state index is 12.4. The first-order chi connectivity index (χ1) is 21.8. The molecule has 46 heavy (non-hydrogen) atoms. The number of carbonyl (C=O) groups excluding carboxylic acids is 2. The van der Waals surface area contributed by atoms with Crippen LogP contribution in [0, 0.1) is 0 Å². The molecular weight excluding hydrogens is 613 g/mol. The average molecular weight is 681 g/mol. The van der Waals surface area contributed by atoms with E-state index in [-0.39, 0.29) is 32.5 Å². The third-order valence-corrected chi connectivity index (χ3v) is 8.66. The predicted octanol–water partition coefficient (Wildman–Crippen LogP) is 7.97. The molecule has 0 spiro atoms. The molecule has 0 amide bonds. The summed E-state index contributed by atoms with van der Waals surface area (Å²) < 4.78 is 33.8. The van der Waals surface area contributed by atoms with Crippen molar-refractivity contribution in [3.05, 3.63) is 0 Å². The number of phosphoric acid groups is 1. The van der Waals surface area contributed by atoms with Crippen molar-refractivity contribution in [3.63, 3.8) is 0 Å². The third kappa shape index (κ3) is 32.4. The van der Waals surface area contributed by atoms with Crippen LogP contribution >= 0.6 is 7.82 Å². The van der Waals surface area contributed by atoms with Gasteiger partial charge in [-0.1, -0.05) is 110 Å². The molecule has 0 rings (SSSR count). The van der Waals surface area contributed by atoms with Crippen molar-refractivity contribution < 1.29 is 52.0 Å². The molecule has 0 saturated carbocycles. The Labute approximate surface area is 279 Å². The Bertz CT molecular complexity index is 833. The highest BCUT2D eigenvalue weighted by Gasteiger charge is 2.27. The van der Waals surface area contributed by atoms with Gasteiger partial charge in [0.2, 0.25) is 0 Å². The number of phosphoric ester groups is 1. The molecular formula is C34H67NO10P+. The predicted molar refractivity (Wildman–Crippen MR) is 180 cm³/mol. The number of unbranched alkanes of at least 4 members (excludes halogenated alkanes) is 17. The van der Waals surface area contributed by atoms with Gasteiger partial charge in [-0.15, -0.1) is 0 Å². The zero-order valence-corrected chi connectivity index (χ0v) is 30.4. The Hall–Kier alpha value is -1.52. The number of carboxylic acid groups (broad SMARTS) is 1. The molecule has 272 valence electrons. The first-order valence-electron chi connectivity index (χ1n) is 17.8. The Balaban J connectivity index is 4.38. The number of hydrogen-bond acceptors (Lipinski definition) is 8. The van der Waals surface area contributed by atoms with E-state index in [2.05, 4.69) is 6.92 Å². The first kappa shape index (κ1) is 44.5. The molecule has 12 heteroatoms. The van der Waals surface area contributed by atoms with Gasteiger partial charge in [-0.25, -0.2) is 4.57 Å². The van der Waals surface area contributed by atoms with Crippen LogP contribution in [0.3, 0.4) is 0 Å². The second kappa shape index (κ2) is 28.5. The van der Waals surface area contributed by atoms with Crippen LogP contribution in [0.25, 0.3) is 0 Å². The van der Waals surface area contributed by atoms with Gasteiger partial charge in [-0.05, 0) is 19.3 Å². The number of aliphatic carboxylic acids is 1. The van der Waals surface area contributed by atoms with Gasteiger partial charge in [0.05, 0.1) is 27.7 Å². The summed E-state index contributed by atoms with van der Waals surface area (Å²) in [4.78, 5) is 45.5. The highest BCUT2D eigenvalue weighted by atomic mass is 31.2. The van der Waals surface area contributed by atoms with E-state index in [0.717, 1.165) is 38.5 Å². The number of esters is 2.